The lowest BCUT2D eigenvalue weighted by Crippen LogP contribution is -2.46. The van der Waals surface area contributed by atoms with Crippen LogP contribution in [0, 0.1) is 0 Å². The molecule has 0 aromatic rings. The van der Waals surface area contributed by atoms with Crippen molar-refractivity contribution < 1.29 is 89.8 Å². The third-order valence-corrected chi connectivity index (χ3v) is 26.1. The highest BCUT2D eigenvalue weighted by atomic mass is 28.4. The molecule has 71 heavy (non-hydrogen) atoms. The van der Waals surface area contributed by atoms with Gasteiger partial charge in [0, 0.05) is 150 Å². The van der Waals surface area contributed by atoms with Crippen LogP contribution in [0.3, 0.4) is 0 Å². The number of aliphatic hydroxyl groups is 1. The van der Waals surface area contributed by atoms with Gasteiger partial charge in [0.2, 0.25) is 0 Å². The molecule has 0 aromatic heterocycles. The van der Waals surface area contributed by atoms with Crippen LogP contribution < -0.4 is 11.5 Å². The molecule has 1 heterocycles. The summed E-state index contributed by atoms with van der Waals surface area (Å²) in [7, 11) is 3.62. The first kappa shape index (κ1) is 80.0. The Labute approximate surface area is 438 Å². The van der Waals surface area contributed by atoms with Gasteiger partial charge in [-0.05, 0) is 92.1 Å². The number of ether oxygens (including phenoxy) is 2. The van der Waals surface area contributed by atoms with Crippen LogP contribution in [0.5, 0.6) is 0 Å². The second-order valence-electron chi connectivity index (χ2n) is 14.8. The lowest BCUT2D eigenvalue weighted by Gasteiger charge is -2.28. The highest BCUT2D eigenvalue weighted by Gasteiger charge is 2.40. The summed E-state index contributed by atoms with van der Waals surface area (Å²) in [6.07, 6.45) is 6.58. The van der Waals surface area contributed by atoms with E-state index in [1.54, 1.807) is 83.9 Å². The number of nitrogens with two attached hydrogens (primary N) is 2. The fraction of sp³-hybridized carbons (Fsp3) is 0.953. The van der Waals surface area contributed by atoms with E-state index in [1.165, 1.54) is 12.8 Å². The summed E-state index contributed by atoms with van der Waals surface area (Å²) < 4.78 is 99.7. The molecular weight excluding hydrogens is 1030 g/mol. The van der Waals surface area contributed by atoms with E-state index in [1.807, 2.05) is 54.6 Å². The minimum Gasteiger partial charge on any atom is -0.396 e. The van der Waals surface area contributed by atoms with Gasteiger partial charge in [0.15, 0.2) is 0 Å². The van der Waals surface area contributed by atoms with E-state index in [0.717, 1.165) is 57.0 Å². The van der Waals surface area contributed by atoms with Crippen LogP contribution in [0.4, 0.5) is 0 Å². The van der Waals surface area contributed by atoms with Crippen LogP contribution in [0.15, 0.2) is 12.3 Å². The summed E-state index contributed by atoms with van der Waals surface area (Å²) in [6, 6.07) is 2.46. The minimum atomic E-state index is -2.43. The van der Waals surface area contributed by atoms with Crippen molar-refractivity contribution in [1.82, 2.24) is 0 Å². The zero-order chi connectivity index (χ0) is 55.6. The van der Waals surface area contributed by atoms with Gasteiger partial charge in [0.1, 0.15) is 6.10 Å². The van der Waals surface area contributed by atoms with E-state index in [4.69, 9.17) is 96.2 Å². The first-order valence-electron chi connectivity index (χ1n) is 24.6. The fourth-order valence-electron chi connectivity index (χ4n) is 5.70. The molecule has 0 bridgehead atoms. The van der Waals surface area contributed by atoms with Crippen molar-refractivity contribution >= 4 is 52.6 Å². The predicted molar refractivity (Wildman–Crippen MR) is 291 cm³/mol. The molecule has 22 nitrogen and oxygen atoms in total. The minimum absolute atomic E-state index is 0.00820. The summed E-state index contributed by atoms with van der Waals surface area (Å²) >= 11 is 0. The Kier molecular flexibility index (Phi) is 58.9. The molecule has 1 saturated heterocycles. The van der Waals surface area contributed by atoms with Crippen molar-refractivity contribution in [2.75, 3.05) is 157 Å². The average molecular weight is 1140 g/mol. The number of hydrogen-bond acceptors (Lipinski definition) is 22. The maximum Gasteiger partial charge on any atom is 0.528 e. The van der Waals surface area contributed by atoms with Crippen LogP contribution in [-0.2, 0) is 84.7 Å². The molecule has 0 aliphatic carbocycles. The molecule has 1 aliphatic heterocycles. The van der Waals surface area contributed by atoms with Gasteiger partial charge in [-0.1, -0.05) is 19.4 Å². The predicted octanol–water partition coefficient (Wildman–Crippen LogP) is 5.57. The zero-order valence-electron chi connectivity index (χ0n) is 48.1. The van der Waals surface area contributed by atoms with Gasteiger partial charge < -0.3 is 101 Å². The lowest BCUT2D eigenvalue weighted by molar-refractivity contribution is 0.0708. The van der Waals surface area contributed by atoms with Gasteiger partial charge in [-0.25, -0.2) is 0 Å². The normalized spacial score (nSPS) is 13.7. The third kappa shape index (κ3) is 41.9. The van der Waals surface area contributed by atoms with Crippen molar-refractivity contribution in [2.45, 2.75) is 117 Å². The quantitative estimate of drug-likeness (QED) is 0.0385. The molecule has 1 unspecified atom stereocenters. The molecule has 1 fully saturated rings. The van der Waals surface area contributed by atoms with Gasteiger partial charge >= 0.3 is 52.6 Å². The molecule has 1 aliphatic rings. The van der Waals surface area contributed by atoms with Gasteiger partial charge in [-0.15, -0.1) is 0 Å². The summed E-state index contributed by atoms with van der Waals surface area (Å²) in [5.41, 5.74) is 12.5. The Morgan fingerprint density at radius 2 is 0.887 bits per heavy atom. The van der Waals surface area contributed by atoms with Crippen LogP contribution in [0.1, 0.15) is 80.1 Å². The van der Waals surface area contributed by atoms with Crippen molar-refractivity contribution in [3.8, 4) is 0 Å². The molecule has 1 atom stereocenters. The summed E-state index contributed by atoms with van der Waals surface area (Å²) in [5.74, 6) is 0. The highest BCUT2D eigenvalue weighted by Crippen LogP contribution is 2.19. The smallest absolute Gasteiger partial charge is 0.396 e. The Morgan fingerprint density at radius 1 is 0.493 bits per heavy atom. The third-order valence-electron chi connectivity index (χ3n) is 10.1. The molecule has 0 saturated carbocycles. The second-order valence-corrected chi connectivity index (χ2v) is 32.4. The maximum absolute atomic E-state index is 9.18. The van der Waals surface area contributed by atoms with E-state index in [0.29, 0.717) is 65.5 Å². The SMILES string of the molecule is C=C[Si](OC)(OC)OC.CCO[Si](C)(OCC)OCC.CCO[Si](CCCN)(OCC)OCC.CO[Si](C)(OC)OC.CO[Si](CCCCCCN)(OC)OC.CO[Si](CO)(CCCOCC1CO1)OC. The Bertz CT molecular complexity index is 1040. The average Bonchev–Trinajstić information content (AvgIpc) is 4.23. The van der Waals surface area contributed by atoms with E-state index in [-0.39, 0.29) is 6.23 Å². The first-order valence-corrected chi connectivity index (χ1v) is 36.9. The van der Waals surface area contributed by atoms with Gasteiger partial charge in [-0.3, -0.25) is 0 Å². The van der Waals surface area contributed by atoms with Gasteiger partial charge in [0.05, 0.1) is 19.4 Å². The molecule has 5 N–H and O–H groups in total. The molecule has 1 rings (SSSR count). The van der Waals surface area contributed by atoms with Crippen molar-refractivity contribution in [2.24, 2.45) is 11.5 Å². The first-order chi connectivity index (χ1) is 33.9. The number of unbranched alkanes of at least 4 members (excludes halogenated alkanes) is 3. The molecule has 0 radical (unpaired) electrons. The number of epoxide rings is 1. The Hall–Kier alpha value is 0.161. The Balaban J connectivity index is -0.000000249. The maximum atomic E-state index is 9.18. The van der Waals surface area contributed by atoms with Crippen LogP contribution in [0.2, 0.25) is 31.2 Å². The molecular formula is C43H108N2O20Si6. The van der Waals surface area contributed by atoms with Crippen LogP contribution in [-0.4, -0.2) is 221 Å². The Morgan fingerprint density at radius 3 is 1.15 bits per heavy atom. The fourth-order valence-corrected chi connectivity index (χ4v) is 15.1. The highest BCUT2D eigenvalue weighted by molar-refractivity contribution is 6.67. The van der Waals surface area contributed by atoms with Crippen molar-refractivity contribution in [3.63, 3.8) is 0 Å². The summed E-state index contributed by atoms with van der Waals surface area (Å²) in [4.78, 5) is 0. The topological polar surface area (TPSA) is 251 Å². The van der Waals surface area contributed by atoms with Crippen LogP contribution in [0.25, 0.3) is 0 Å². The molecule has 28 heteroatoms. The van der Waals surface area contributed by atoms with Gasteiger partial charge in [-0.2, -0.15) is 0 Å². The standard InChI is InChI=1S/2C9H23NO3Si.C9H20O5Si.C7H18O3Si.C5H12O3Si.C4H12O3Si/c1-11-14(12-2,13-3)9-7-5-4-6-8-10;1-4-11-14(12-5-2,13-6-3)9-7-8-10;1-11-15(8-10,12-2)5-3-4-13-6-9-7-14-9;1-5-8-11(4,9-6-2)10-7-3;1-5-9(6-2,7-3)8-4;1-5-8(4,6-2)7-3/h2*4-10H2,1-3H3;9-10H,3-8H2,1-2H3;5-7H2,1-4H3;5H,1H2,2-4H3;1-4H3. The van der Waals surface area contributed by atoms with E-state index < -0.39 is 52.6 Å². The number of rotatable bonds is 40. The van der Waals surface area contributed by atoms with E-state index >= 15 is 0 Å². The largest absolute Gasteiger partial charge is 0.528 e. The number of hydrogen-bond donors (Lipinski definition) is 3. The van der Waals surface area contributed by atoms with Crippen LogP contribution >= 0.6 is 0 Å². The van der Waals surface area contributed by atoms with Crippen molar-refractivity contribution in [1.29, 1.82) is 0 Å². The monoisotopic (exact) mass is 1140 g/mol. The summed E-state index contributed by atoms with van der Waals surface area (Å²) in [5, 5.41) is 9.18. The van der Waals surface area contributed by atoms with E-state index in [2.05, 4.69) is 6.58 Å². The molecule has 434 valence electrons. The number of aliphatic hydroxyl groups excluding tert-OH is 1. The second kappa shape index (κ2) is 52.2. The summed E-state index contributed by atoms with van der Waals surface area (Å²) in [6.45, 7) is 26.5. The van der Waals surface area contributed by atoms with E-state index in [9.17, 15) is 5.11 Å². The molecule has 0 amide bonds. The van der Waals surface area contributed by atoms with Crippen molar-refractivity contribution in [3.05, 3.63) is 12.3 Å². The molecule has 0 spiro atoms. The zero-order valence-corrected chi connectivity index (χ0v) is 54.1. The molecule has 0 aromatic carbocycles. The van der Waals surface area contributed by atoms with Gasteiger partial charge in [0.25, 0.3) is 0 Å². The lowest BCUT2D eigenvalue weighted by atomic mass is 10.2.